The van der Waals surface area contributed by atoms with E-state index in [1.807, 2.05) is 0 Å². The number of alkyl halides is 3. The van der Waals surface area contributed by atoms with Gasteiger partial charge < -0.3 is 0 Å². The minimum atomic E-state index is -4.22. The van der Waals surface area contributed by atoms with Crippen molar-refractivity contribution in [3.63, 3.8) is 0 Å². The minimum absolute atomic E-state index is 0.250. The van der Waals surface area contributed by atoms with Gasteiger partial charge in [0.1, 0.15) is 0 Å². The fraction of sp³-hybridized carbons (Fsp3) is 0.462. The molecule has 0 N–H and O–H groups in total. The van der Waals surface area contributed by atoms with Crippen LogP contribution in [-0.4, -0.2) is 6.15 Å². The zero-order valence-corrected chi connectivity index (χ0v) is 10.8. The Morgan fingerprint density at radius 3 is 1.72 bits per heavy atom. The molecule has 102 valence electrons. The molecular weight excluding hydrogens is 245 g/mol. The molecule has 0 spiro atoms. The second kappa shape index (κ2) is 9.42. The predicted molar refractivity (Wildman–Crippen MR) is 61.7 cm³/mol. The maximum absolute atomic E-state index is 12.0. The minimum Gasteiger partial charge on any atom is -0.186 e. The Labute approximate surface area is 105 Å². The Bertz CT molecular complexity index is 362. The summed E-state index contributed by atoms with van der Waals surface area (Å²) in [4.78, 5) is 16.2. The smallest absolute Gasteiger partial charge is 0.186 e. The normalized spacial score (nSPS) is 9.56. The SMILES string of the molecule is CC(C)C.Cc1cccc(C(F)(F)F)c1.O=C=O. The summed E-state index contributed by atoms with van der Waals surface area (Å²) in [6.45, 7) is 8.13. The van der Waals surface area contributed by atoms with E-state index in [1.54, 1.807) is 13.0 Å². The third-order valence-electron chi connectivity index (χ3n) is 1.35. The Morgan fingerprint density at radius 2 is 1.50 bits per heavy atom. The van der Waals surface area contributed by atoms with E-state index in [2.05, 4.69) is 20.8 Å². The Balaban J connectivity index is 0. The van der Waals surface area contributed by atoms with E-state index in [0.717, 1.165) is 18.1 Å². The highest BCUT2D eigenvalue weighted by atomic mass is 19.4. The Hall–Kier alpha value is -1.61. The fourth-order valence-corrected chi connectivity index (χ4v) is 0.821. The van der Waals surface area contributed by atoms with E-state index in [4.69, 9.17) is 9.59 Å². The average molecular weight is 262 g/mol. The largest absolute Gasteiger partial charge is 0.416 e. The van der Waals surface area contributed by atoms with Crippen molar-refractivity contribution >= 4 is 6.15 Å². The molecule has 0 amide bonds. The molecule has 18 heavy (non-hydrogen) atoms. The zero-order chi connectivity index (χ0) is 14.8. The highest BCUT2D eigenvalue weighted by Gasteiger charge is 2.29. The van der Waals surface area contributed by atoms with Crippen molar-refractivity contribution < 1.29 is 22.8 Å². The van der Waals surface area contributed by atoms with Crippen molar-refractivity contribution in [3.05, 3.63) is 35.4 Å². The van der Waals surface area contributed by atoms with E-state index in [0.29, 0.717) is 5.56 Å². The summed E-state index contributed by atoms with van der Waals surface area (Å²) < 4.78 is 35.9. The van der Waals surface area contributed by atoms with Gasteiger partial charge in [0, 0.05) is 0 Å². The van der Waals surface area contributed by atoms with Crippen LogP contribution >= 0.6 is 0 Å². The van der Waals surface area contributed by atoms with Crippen LogP contribution in [0.2, 0.25) is 0 Å². The number of hydrogen-bond acceptors (Lipinski definition) is 2. The van der Waals surface area contributed by atoms with Gasteiger partial charge in [0.15, 0.2) is 0 Å². The van der Waals surface area contributed by atoms with Gasteiger partial charge in [0.05, 0.1) is 5.56 Å². The lowest BCUT2D eigenvalue weighted by molar-refractivity contribution is -0.191. The summed E-state index contributed by atoms with van der Waals surface area (Å²) in [5.41, 5.74) is 0.0392. The van der Waals surface area contributed by atoms with Gasteiger partial charge in [-0.25, -0.2) is 0 Å². The molecular formula is C13H17F3O2. The topological polar surface area (TPSA) is 34.1 Å². The molecule has 0 saturated carbocycles. The van der Waals surface area contributed by atoms with Crippen molar-refractivity contribution in [1.82, 2.24) is 0 Å². The molecule has 0 radical (unpaired) electrons. The molecule has 1 rings (SSSR count). The van der Waals surface area contributed by atoms with Crippen LogP contribution in [0.5, 0.6) is 0 Å². The zero-order valence-electron chi connectivity index (χ0n) is 10.8. The molecule has 1 aromatic rings. The molecule has 1 aromatic carbocycles. The molecule has 0 unspecified atom stereocenters. The van der Waals surface area contributed by atoms with Crippen molar-refractivity contribution in [2.24, 2.45) is 5.92 Å². The average Bonchev–Trinajstić information content (AvgIpc) is 2.16. The number of hydrogen-bond donors (Lipinski definition) is 0. The van der Waals surface area contributed by atoms with Gasteiger partial charge in [0.25, 0.3) is 0 Å². The number of carbonyl (C=O) groups excluding carboxylic acids is 2. The van der Waals surface area contributed by atoms with E-state index >= 15 is 0 Å². The molecule has 0 aliphatic heterocycles. The van der Waals surface area contributed by atoms with Crippen LogP contribution in [0.15, 0.2) is 24.3 Å². The van der Waals surface area contributed by atoms with Crippen molar-refractivity contribution in [1.29, 1.82) is 0 Å². The predicted octanol–water partition coefficient (Wildman–Crippen LogP) is 4.09. The molecule has 0 fully saturated rings. The molecule has 0 aromatic heterocycles. The third-order valence-corrected chi connectivity index (χ3v) is 1.35. The number of rotatable bonds is 0. The van der Waals surface area contributed by atoms with Crippen LogP contribution in [0.3, 0.4) is 0 Å². The van der Waals surface area contributed by atoms with Crippen LogP contribution in [0.25, 0.3) is 0 Å². The second-order valence-electron chi connectivity index (χ2n) is 4.18. The van der Waals surface area contributed by atoms with Gasteiger partial charge in [-0.3, -0.25) is 0 Å². The molecule has 0 saturated heterocycles. The molecule has 0 heterocycles. The first-order valence-corrected chi connectivity index (χ1v) is 5.28. The molecule has 5 heteroatoms. The van der Waals surface area contributed by atoms with Crippen LogP contribution < -0.4 is 0 Å². The van der Waals surface area contributed by atoms with E-state index in [1.165, 1.54) is 6.07 Å². The molecule has 2 nitrogen and oxygen atoms in total. The molecule has 0 aliphatic rings. The number of benzene rings is 1. The molecule has 0 bridgehead atoms. The lowest BCUT2D eigenvalue weighted by Gasteiger charge is -2.05. The van der Waals surface area contributed by atoms with Gasteiger partial charge in [-0.1, -0.05) is 44.5 Å². The summed E-state index contributed by atoms with van der Waals surface area (Å²) >= 11 is 0. The van der Waals surface area contributed by atoms with Gasteiger partial charge in [-0.05, 0) is 18.9 Å². The second-order valence-corrected chi connectivity index (χ2v) is 4.18. The van der Waals surface area contributed by atoms with Gasteiger partial charge in [-0.2, -0.15) is 22.8 Å². The van der Waals surface area contributed by atoms with Crippen LogP contribution in [0.4, 0.5) is 13.2 Å². The summed E-state index contributed by atoms with van der Waals surface area (Å²) in [5, 5.41) is 0. The van der Waals surface area contributed by atoms with Gasteiger partial charge in [-0.15, -0.1) is 0 Å². The van der Waals surface area contributed by atoms with Crippen molar-refractivity contribution in [3.8, 4) is 0 Å². The maximum atomic E-state index is 12.0. The van der Waals surface area contributed by atoms with Crippen LogP contribution in [-0.2, 0) is 15.8 Å². The Morgan fingerprint density at radius 1 is 1.11 bits per heavy atom. The number of aryl methyl sites for hydroxylation is 1. The standard InChI is InChI=1S/C8H7F3.C4H10.CO2/c1-6-3-2-4-7(5-6)8(9,10)11;1-4(2)3;2-1-3/h2-5H,1H3;4H,1-3H3;. The fourth-order valence-electron chi connectivity index (χ4n) is 0.821. The summed E-state index contributed by atoms with van der Waals surface area (Å²) in [6, 6.07) is 5.22. The maximum Gasteiger partial charge on any atom is 0.416 e. The van der Waals surface area contributed by atoms with E-state index in [9.17, 15) is 13.2 Å². The van der Waals surface area contributed by atoms with Crippen molar-refractivity contribution in [2.75, 3.05) is 0 Å². The lowest BCUT2D eigenvalue weighted by Crippen LogP contribution is -2.04. The van der Waals surface area contributed by atoms with Gasteiger partial charge in [0.2, 0.25) is 0 Å². The Kier molecular flexibility index (Phi) is 9.81. The highest BCUT2D eigenvalue weighted by molar-refractivity contribution is 5.24. The first-order valence-electron chi connectivity index (χ1n) is 5.28. The lowest BCUT2D eigenvalue weighted by atomic mass is 10.1. The van der Waals surface area contributed by atoms with Crippen LogP contribution in [0, 0.1) is 12.8 Å². The monoisotopic (exact) mass is 262 g/mol. The molecule has 0 atom stereocenters. The molecule has 0 aliphatic carbocycles. The van der Waals surface area contributed by atoms with Gasteiger partial charge >= 0.3 is 12.3 Å². The van der Waals surface area contributed by atoms with Crippen molar-refractivity contribution in [2.45, 2.75) is 33.9 Å². The third kappa shape index (κ3) is 12.5. The van der Waals surface area contributed by atoms with E-state index < -0.39 is 11.7 Å². The first kappa shape index (κ1) is 18.7. The number of halogens is 3. The first-order chi connectivity index (χ1) is 8.15. The summed E-state index contributed by atoms with van der Waals surface area (Å²) in [6.07, 6.45) is -3.97. The highest BCUT2D eigenvalue weighted by Crippen LogP contribution is 2.29. The quantitative estimate of drug-likeness (QED) is 0.705. The van der Waals surface area contributed by atoms with E-state index in [-0.39, 0.29) is 6.15 Å². The van der Waals surface area contributed by atoms with Crippen LogP contribution in [0.1, 0.15) is 31.9 Å². The summed E-state index contributed by atoms with van der Waals surface area (Å²) in [7, 11) is 0. The summed E-state index contributed by atoms with van der Waals surface area (Å²) in [5.74, 6) is 0.833.